The van der Waals surface area contributed by atoms with Crippen LogP contribution in [-0.2, 0) is 18.9 Å². The minimum atomic E-state index is 0.558. The minimum Gasteiger partial charge on any atom is -0.482 e. The van der Waals surface area contributed by atoms with Crippen LogP contribution in [0.4, 0.5) is 0 Å². The summed E-state index contributed by atoms with van der Waals surface area (Å²) in [6.07, 6.45) is 0. The van der Waals surface area contributed by atoms with E-state index < -0.39 is 0 Å². The lowest BCUT2D eigenvalue weighted by Gasteiger charge is -2.27. The molecule has 0 radical (unpaired) electrons. The SMILES string of the molecule is C1COC2=C(O1)SSSSC1=C2OCCO1. The molecule has 3 aliphatic heterocycles. The fraction of sp³-hybridized carbons (Fsp3) is 0.500. The molecule has 88 valence electrons. The fourth-order valence-corrected chi connectivity index (χ4v) is 6.62. The number of hydrogen-bond donors (Lipinski definition) is 0. The second-order valence-electron chi connectivity index (χ2n) is 2.93. The second-order valence-corrected chi connectivity index (χ2v) is 8.54. The molecule has 0 aromatic rings. The van der Waals surface area contributed by atoms with Crippen molar-refractivity contribution in [2.24, 2.45) is 0 Å². The third-order valence-corrected chi connectivity index (χ3v) is 7.76. The van der Waals surface area contributed by atoms with Gasteiger partial charge in [0, 0.05) is 0 Å². The first-order valence-corrected chi connectivity index (χ1v) is 9.45. The van der Waals surface area contributed by atoms with E-state index in [4.69, 9.17) is 18.9 Å². The molecule has 0 amide bonds. The van der Waals surface area contributed by atoms with E-state index in [0.717, 1.165) is 10.2 Å². The van der Waals surface area contributed by atoms with E-state index in [1.54, 1.807) is 41.2 Å². The Kier molecular flexibility index (Phi) is 3.60. The Balaban J connectivity index is 2.00. The molecule has 0 saturated heterocycles. The Hall–Kier alpha value is 0.0800. The van der Waals surface area contributed by atoms with Crippen LogP contribution in [0.1, 0.15) is 0 Å². The van der Waals surface area contributed by atoms with Gasteiger partial charge in [0.15, 0.2) is 0 Å². The summed E-state index contributed by atoms with van der Waals surface area (Å²) >= 11 is 0. The molecular weight excluding hydrogens is 288 g/mol. The number of hydrogen-bond acceptors (Lipinski definition) is 8. The smallest absolute Gasteiger partial charge is 0.216 e. The summed E-state index contributed by atoms with van der Waals surface area (Å²) in [5, 5.41) is 1.56. The highest BCUT2D eigenvalue weighted by Gasteiger charge is 2.30. The molecule has 0 saturated carbocycles. The molecule has 3 heterocycles. The van der Waals surface area contributed by atoms with Gasteiger partial charge >= 0.3 is 0 Å². The number of ether oxygens (including phenoxy) is 4. The summed E-state index contributed by atoms with van der Waals surface area (Å²) in [7, 11) is 6.39. The lowest BCUT2D eigenvalue weighted by molar-refractivity contribution is 0.0339. The predicted octanol–water partition coefficient (Wildman–Crippen LogP) is 3.11. The molecule has 0 aromatic heterocycles. The van der Waals surface area contributed by atoms with Crippen molar-refractivity contribution in [2.45, 2.75) is 0 Å². The van der Waals surface area contributed by atoms with Crippen LogP contribution in [0.5, 0.6) is 0 Å². The largest absolute Gasteiger partial charge is 0.482 e. The molecule has 0 aliphatic carbocycles. The standard InChI is InChI=1S/C8H8O4S4/c1-3-11-7-5(9-1)6-8(12-4-2-10-6)14-16-15-13-7/h1-4H2. The van der Waals surface area contributed by atoms with E-state index in [1.807, 2.05) is 0 Å². The maximum Gasteiger partial charge on any atom is 0.216 e. The highest BCUT2D eigenvalue weighted by molar-refractivity contribution is 9.26. The van der Waals surface area contributed by atoms with Gasteiger partial charge in [-0.3, -0.25) is 0 Å². The van der Waals surface area contributed by atoms with Gasteiger partial charge in [-0.2, -0.15) is 0 Å². The Labute approximate surface area is 108 Å². The number of fused-ring (bicyclic) bond motifs is 1. The van der Waals surface area contributed by atoms with E-state index >= 15 is 0 Å². The van der Waals surface area contributed by atoms with E-state index in [-0.39, 0.29) is 0 Å². The van der Waals surface area contributed by atoms with Crippen molar-refractivity contribution in [1.29, 1.82) is 0 Å². The Morgan fingerprint density at radius 1 is 0.625 bits per heavy atom. The molecule has 0 aromatic carbocycles. The second kappa shape index (κ2) is 5.16. The highest BCUT2D eigenvalue weighted by Crippen LogP contribution is 2.54. The summed E-state index contributed by atoms with van der Waals surface area (Å²) in [4.78, 5) is 0. The Morgan fingerprint density at radius 2 is 1.06 bits per heavy atom. The summed E-state index contributed by atoms with van der Waals surface area (Å²) in [6.45, 7) is 2.30. The molecule has 0 bridgehead atoms. The van der Waals surface area contributed by atoms with E-state index in [9.17, 15) is 0 Å². The van der Waals surface area contributed by atoms with Crippen LogP contribution < -0.4 is 0 Å². The predicted molar refractivity (Wildman–Crippen MR) is 68.2 cm³/mol. The lowest BCUT2D eigenvalue weighted by Crippen LogP contribution is -2.20. The third-order valence-electron chi connectivity index (χ3n) is 1.95. The first-order chi connectivity index (χ1) is 7.95. The molecule has 0 fully saturated rings. The first kappa shape index (κ1) is 11.2. The van der Waals surface area contributed by atoms with Crippen LogP contribution in [-0.4, -0.2) is 26.4 Å². The van der Waals surface area contributed by atoms with Crippen molar-refractivity contribution in [3.05, 3.63) is 21.7 Å². The van der Waals surface area contributed by atoms with Gasteiger partial charge in [0.25, 0.3) is 0 Å². The van der Waals surface area contributed by atoms with Crippen molar-refractivity contribution in [1.82, 2.24) is 0 Å². The zero-order valence-corrected chi connectivity index (χ0v) is 11.4. The van der Waals surface area contributed by atoms with Crippen molar-refractivity contribution in [3.63, 3.8) is 0 Å². The van der Waals surface area contributed by atoms with Gasteiger partial charge in [0.05, 0.1) is 0 Å². The fourth-order valence-electron chi connectivity index (χ4n) is 1.33. The first-order valence-electron chi connectivity index (χ1n) is 4.63. The van der Waals surface area contributed by atoms with Crippen LogP contribution in [0.2, 0.25) is 0 Å². The van der Waals surface area contributed by atoms with E-state index in [0.29, 0.717) is 37.9 Å². The topological polar surface area (TPSA) is 36.9 Å². The van der Waals surface area contributed by atoms with Crippen LogP contribution in [0.3, 0.4) is 0 Å². The van der Waals surface area contributed by atoms with Gasteiger partial charge in [-0.05, 0) is 41.2 Å². The molecule has 0 atom stereocenters. The van der Waals surface area contributed by atoms with Crippen molar-refractivity contribution < 1.29 is 18.9 Å². The van der Waals surface area contributed by atoms with Crippen LogP contribution in [0.15, 0.2) is 21.7 Å². The quantitative estimate of drug-likeness (QED) is 0.631. The molecule has 0 unspecified atom stereocenters. The average Bonchev–Trinajstić information content (AvgIpc) is 2.33. The summed E-state index contributed by atoms with van der Waals surface area (Å²) in [6, 6.07) is 0. The molecule has 3 rings (SSSR count). The molecule has 8 heteroatoms. The molecule has 4 nitrogen and oxygen atoms in total. The minimum absolute atomic E-state index is 0.558. The van der Waals surface area contributed by atoms with Crippen LogP contribution >= 0.6 is 41.2 Å². The molecule has 16 heavy (non-hydrogen) atoms. The Morgan fingerprint density at radius 3 is 1.56 bits per heavy atom. The zero-order chi connectivity index (χ0) is 10.8. The normalized spacial score (nSPS) is 25.0. The maximum absolute atomic E-state index is 5.62. The summed E-state index contributed by atoms with van der Waals surface area (Å²) < 4.78 is 22.4. The lowest BCUT2D eigenvalue weighted by atomic mass is 10.4. The highest BCUT2D eigenvalue weighted by atomic mass is 33.7. The number of rotatable bonds is 0. The van der Waals surface area contributed by atoms with Gasteiger partial charge in [-0.1, -0.05) is 0 Å². The summed E-state index contributed by atoms with van der Waals surface area (Å²) in [5.74, 6) is 1.37. The van der Waals surface area contributed by atoms with Gasteiger partial charge in [-0.25, -0.2) is 0 Å². The average molecular weight is 296 g/mol. The monoisotopic (exact) mass is 296 g/mol. The van der Waals surface area contributed by atoms with E-state index in [1.165, 1.54) is 0 Å². The third kappa shape index (κ3) is 2.20. The molecule has 3 aliphatic rings. The zero-order valence-electron chi connectivity index (χ0n) is 8.09. The molecule has 0 N–H and O–H groups in total. The maximum atomic E-state index is 5.62. The van der Waals surface area contributed by atoms with Crippen LogP contribution in [0.25, 0.3) is 0 Å². The summed E-state index contributed by atoms with van der Waals surface area (Å²) in [5.41, 5.74) is 0. The van der Waals surface area contributed by atoms with Crippen molar-refractivity contribution in [3.8, 4) is 0 Å². The van der Waals surface area contributed by atoms with Gasteiger partial charge < -0.3 is 18.9 Å². The van der Waals surface area contributed by atoms with Crippen LogP contribution in [0, 0.1) is 0 Å². The van der Waals surface area contributed by atoms with Gasteiger partial charge in [0.2, 0.25) is 21.7 Å². The van der Waals surface area contributed by atoms with E-state index in [2.05, 4.69) is 0 Å². The van der Waals surface area contributed by atoms with Gasteiger partial charge in [-0.15, -0.1) is 0 Å². The van der Waals surface area contributed by atoms with Crippen molar-refractivity contribution >= 4 is 41.2 Å². The van der Waals surface area contributed by atoms with Gasteiger partial charge in [0.1, 0.15) is 26.4 Å². The van der Waals surface area contributed by atoms with Crippen molar-refractivity contribution in [2.75, 3.05) is 26.4 Å². The molecular formula is C8H8O4S4. The molecule has 0 spiro atoms. The Bertz CT molecular complexity index is 320.